The van der Waals surface area contributed by atoms with E-state index in [0.717, 1.165) is 30.6 Å². The van der Waals surface area contributed by atoms with Gasteiger partial charge in [0, 0.05) is 31.9 Å². The summed E-state index contributed by atoms with van der Waals surface area (Å²) in [5, 5.41) is 1.09. The summed E-state index contributed by atoms with van der Waals surface area (Å²) in [4.78, 5) is 6.60. The third-order valence-corrected chi connectivity index (χ3v) is 5.75. The SMILES string of the molecule is CCS(=O)(=O)N1CCN(C2=NCCS2)CC1. The number of hydrogen-bond donors (Lipinski definition) is 0. The van der Waals surface area contributed by atoms with Gasteiger partial charge in [0.2, 0.25) is 10.0 Å². The molecule has 0 atom stereocenters. The summed E-state index contributed by atoms with van der Waals surface area (Å²) in [7, 11) is -3.01. The van der Waals surface area contributed by atoms with E-state index < -0.39 is 10.0 Å². The maximum Gasteiger partial charge on any atom is 0.213 e. The Morgan fingerprint density at radius 3 is 2.50 bits per heavy atom. The Kier molecular flexibility index (Phi) is 3.76. The number of piperazine rings is 1. The quantitative estimate of drug-likeness (QED) is 0.707. The largest absolute Gasteiger partial charge is 0.349 e. The van der Waals surface area contributed by atoms with Crippen molar-refractivity contribution in [1.29, 1.82) is 0 Å². The number of hydrogen-bond acceptors (Lipinski definition) is 5. The van der Waals surface area contributed by atoms with Gasteiger partial charge >= 0.3 is 0 Å². The van der Waals surface area contributed by atoms with Crippen molar-refractivity contribution in [3.05, 3.63) is 0 Å². The van der Waals surface area contributed by atoms with Crippen LogP contribution in [0, 0.1) is 0 Å². The molecule has 0 aromatic heterocycles. The fraction of sp³-hybridized carbons (Fsp3) is 0.889. The van der Waals surface area contributed by atoms with Crippen molar-refractivity contribution >= 4 is 27.0 Å². The van der Waals surface area contributed by atoms with E-state index in [9.17, 15) is 8.42 Å². The van der Waals surface area contributed by atoms with Crippen LogP contribution < -0.4 is 0 Å². The van der Waals surface area contributed by atoms with Crippen molar-refractivity contribution in [2.24, 2.45) is 4.99 Å². The van der Waals surface area contributed by atoms with E-state index in [1.54, 1.807) is 23.0 Å². The normalized spacial score (nSPS) is 23.6. The van der Waals surface area contributed by atoms with E-state index in [1.807, 2.05) is 0 Å². The predicted octanol–water partition coefficient (Wildman–Crippen LogP) is 0.0565. The lowest BCUT2D eigenvalue weighted by Crippen LogP contribution is -2.50. The molecule has 2 aliphatic heterocycles. The minimum absolute atomic E-state index is 0.197. The van der Waals surface area contributed by atoms with E-state index in [2.05, 4.69) is 9.89 Å². The Hall–Kier alpha value is -0.270. The number of rotatable bonds is 2. The van der Waals surface area contributed by atoms with Gasteiger partial charge in [0.1, 0.15) is 0 Å². The van der Waals surface area contributed by atoms with Crippen LogP contribution in [0.1, 0.15) is 6.92 Å². The van der Waals surface area contributed by atoms with Crippen molar-refractivity contribution in [1.82, 2.24) is 9.21 Å². The molecule has 7 heteroatoms. The summed E-state index contributed by atoms with van der Waals surface area (Å²) in [6.07, 6.45) is 0. The molecule has 2 rings (SSSR count). The summed E-state index contributed by atoms with van der Waals surface area (Å²) >= 11 is 1.77. The number of thioether (sulfide) groups is 1. The van der Waals surface area contributed by atoms with Gasteiger partial charge in [-0.3, -0.25) is 4.99 Å². The van der Waals surface area contributed by atoms with Gasteiger partial charge in [0.15, 0.2) is 5.17 Å². The van der Waals surface area contributed by atoms with Crippen LogP contribution in [0.5, 0.6) is 0 Å². The first-order valence-electron chi connectivity index (χ1n) is 5.53. The molecule has 1 fully saturated rings. The van der Waals surface area contributed by atoms with Gasteiger partial charge in [-0.05, 0) is 6.92 Å². The van der Waals surface area contributed by atoms with E-state index >= 15 is 0 Å². The third kappa shape index (κ3) is 2.52. The molecule has 0 N–H and O–H groups in total. The summed E-state index contributed by atoms with van der Waals surface area (Å²) in [5.74, 6) is 1.26. The molecule has 92 valence electrons. The maximum atomic E-state index is 11.7. The minimum Gasteiger partial charge on any atom is -0.349 e. The molecule has 0 radical (unpaired) electrons. The molecule has 0 unspecified atom stereocenters. The highest BCUT2D eigenvalue weighted by atomic mass is 32.2. The second-order valence-corrected chi connectivity index (χ2v) is 7.12. The summed E-state index contributed by atoms with van der Waals surface area (Å²) in [6.45, 7) is 5.31. The molecule has 0 aliphatic carbocycles. The maximum absolute atomic E-state index is 11.7. The monoisotopic (exact) mass is 263 g/mol. The lowest BCUT2D eigenvalue weighted by atomic mass is 10.4. The summed E-state index contributed by atoms with van der Waals surface area (Å²) < 4.78 is 24.9. The molecule has 0 amide bonds. The first kappa shape index (κ1) is 12.2. The highest BCUT2D eigenvalue weighted by molar-refractivity contribution is 8.14. The average molecular weight is 263 g/mol. The second kappa shape index (κ2) is 4.93. The van der Waals surface area contributed by atoms with Crippen LogP contribution >= 0.6 is 11.8 Å². The van der Waals surface area contributed by atoms with Gasteiger partial charge in [-0.1, -0.05) is 11.8 Å². The zero-order chi connectivity index (χ0) is 11.6. The zero-order valence-corrected chi connectivity index (χ0v) is 11.1. The molecule has 2 heterocycles. The molecule has 0 aromatic carbocycles. The van der Waals surface area contributed by atoms with Crippen molar-refractivity contribution in [3.63, 3.8) is 0 Å². The minimum atomic E-state index is -3.01. The average Bonchev–Trinajstić information content (AvgIpc) is 2.83. The van der Waals surface area contributed by atoms with E-state index in [4.69, 9.17) is 0 Å². The van der Waals surface area contributed by atoms with Crippen LogP contribution in [-0.2, 0) is 10.0 Å². The predicted molar refractivity (Wildman–Crippen MR) is 67.4 cm³/mol. The topological polar surface area (TPSA) is 53.0 Å². The lowest BCUT2D eigenvalue weighted by molar-refractivity contribution is 0.269. The standard InChI is InChI=1S/C9H17N3O2S2/c1-2-16(13,14)12-6-4-11(5-7-12)9-10-3-8-15-9/h2-8H2,1H3. The fourth-order valence-electron chi connectivity index (χ4n) is 1.86. The van der Waals surface area contributed by atoms with Gasteiger partial charge in [0.05, 0.1) is 12.3 Å². The van der Waals surface area contributed by atoms with Gasteiger partial charge in [-0.25, -0.2) is 8.42 Å². The van der Waals surface area contributed by atoms with Gasteiger partial charge in [0.25, 0.3) is 0 Å². The number of sulfonamides is 1. The molecule has 0 spiro atoms. The van der Waals surface area contributed by atoms with Crippen molar-refractivity contribution < 1.29 is 8.42 Å². The van der Waals surface area contributed by atoms with E-state index in [-0.39, 0.29) is 5.75 Å². The van der Waals surface area contributed by atoms with Crippen LogP contribution in [0.25, 0.3) is 0 Å². The Morgan fingerprint density at radius 1 is 1.31 bits per heavy atom. The molecule has 0 saturated carbocycles. The first-order chi connectivity index (χ1) is 7.63. The Balaban J connectivity index is 1.92. The number of aliphatic imine (C=N–C) groups is 1. The first-order valence-corrected chi connectivity index (χ1v) is 8.13. The Morgan fingerprint density at radius 2 is 2.00 bits per heavy atom. The van der Waals surface area contributed by atoms with Crippen molar-refractivity contribution in [3.8, 4) is 0 Å². The van der Waals surface area contributed by atoms with Crippen LogP contribution in [0.3, 0.4) is 0 Å². The number of amidine groups is 1. The molecule has 0 bridgehead atoms. The molecule has 2 aliphatic rings. The van der Waals surface area contributed by atoms with Crippen LogP contribution in [0.4, 0.5) is 0 Å². The van der Waals surface area contributed by atoms with Crippen molar-refractivity contribution in [2.45, 2.75) is 6.92 Å². The molecular weight excluding hydrogens is 246 g/mol. The number of nitrogens with zero attached hydrogens (tertiary/aromatic N) is 3. The van der Waals surface area contributed by atoms with Gasteiger partial charge in [-0.15, -0.1) is 0 Å². The lowest BCUT2D eigenvalue weighted by Gasteiger charge is -2.34. The second-order valence-electron chi connectivity index (χ2n) is 3.80. The van der Waals surface area contributed by atoms with E-state index in [1.165, 1.54) is 0 Å². The smallest absolute Gasteiger partial charge is 0.213 e. The summed E-state index contributed by atoms with van der Waals surface area (Å²) in [6, 6.07) is 0. The molecular formula is C9H17N3O2S2. The highest BCUT2D eigenvalue weighted by Gasteiger charge is 2.27. The van der Waals surface area contributed by atoms with Crippen molar-refractivity contribution in [2.75, 3.05) is 44.2 Å². The zero-order valence-electron chi connectivity index (χ0n) is 9.42. The Bertz CT molecular complexity index is 372. The van der Waals surface area contributed by atoms with Crippen LogP contribution in [0.15, 0.2) is 4.99 Å². The van der Waals surface area contributed by atoms with Crippen LogP contribution in [-0.4, -0.2) is 67.0 Å². The summed E-state index contributed by atoms with van der Waals surface area (Å²) in [5.41, 5.74) is 0. The molecule has 16 heavy (non-hydrogen) atoms. The molecule has 1 saturated heterocycles. The molecule has 5 nitrogen and oxygen atoms in total. The highest BCUT2D eigenvalue weighted by Crippen LogP contribution is 2.18. The fourth-order valence-corrected chi connectivity index (χ4v) is 3.85. The third-order valence-electron chi connectivity index (χ3n) is 2.84. The Labute approximate surface area is 101 Å². The van der Waals surface area contributed by atoms with Gasteiger partial charge < -0.3 is 4.90 Å². The van der Waals surface area contributed by atoms with Crippen LogP contribution in [0.2, 0.25) is 0 Å². The van der Waals surface area contributed by atoms with E-state index in [0.29, 0.717) is 13.1 Å². The van der Waals surface area contributed by atoms with Gasteiger partial charge in [-0.2, -0.15) is 4.31 Å². The molecule has 0 aromatic rings.